The number of urea groups is 1. The standard InChI is InChI=1S/C9H15N3O5/c1-12(2-7(10)13)9(16)11-6-4-17-3-5(6)8(14)15/h5-6H,2-4H2,1H3,(H2,10,13)(H,11,16)(H,14,15). The third-order valence-electron chi connectivity index (χ3n) is 2.45. The zero-order valence-electron chi connectivity index (χ0n) is 9.38. The van der Waals surface area contributed by atoms with E-state index in [0.717, 1.165) is 4.90 Å². The molecule has 0 spiro atoms. The Morgan fingerprint density at radius 2 is 2.12 bits per heavy atom. The fourth-order valence-electron chi connectivity index (χ4n) is 1.51. The number of nitrogens with two attached hydrogens (primary N) is 1. The largest absolute Gasteiger partial charge is 0.481 e. The Bertz CT molecular complexity index is 333. The van der Waals surface area contributed by atoms with Crippen LogP contribution in [0.5, 0.6) is 0 Å². The molecule has 0 aromatic heterocycles. The van der Waals surface area contributed by atoms with Gasteiger partial charge in [-0.05, 0) is 0 Å². The highest BCUT2D eigenvalue weighted by Crippen LogP contribution is 2.13. The summed E-state index contributed by atoms with van der Waals surface area (Å²) in [5, 5.41) is 11.4. The fourth-order valence-corrected chi connectivity index (χ4v) is 1.51. The summed E-state index contributed by atoms with van der Waals surface area (Å²) >= 11 is 0. The molecular weight excluding hydrogens is 230 g/mol. The molecule has 3 amide bonds. The summed E-state index contributed by atoms with van der Waals surface area (Å²) in [4.78, 5) is 34.1. The number of nitrogens with one attached hydrogen (secondary N) is 1. The van der Waals surface area contributed by atoms with Gasteiger partial charge in [-0.15, -0.1) is 0 Å². The van der Waals surface area contributed by atoms with Gasteiger partial charge in [0.25, 0.3) is 0 Å². The van der Waals surface area contributed by atoms with Crippen molar-refractivity contribution < 1.29 is 24.2 Å². The first kappa shape index (κ1) is 13.2. The van der Waals surface area contributed by atoms with E-state index in [2.05, 4.69) is 5.32 Å². The Morgan fingerprint density at radius 1 is 1.47 bits per heavy atom. The number of hydrogen-bond acceptors (Lipinski definition) is 4. The van der Waals surface area contributed by atoms with Crippen molar-refractivity contribution in [3.05, 3.63) is 0 Å². The minimum absolute atomic E-state index is 0.0693. The molecule has 0 bridgehead atoms. The van der Waals surface area contributed by atoms with Crippen LogP contribution in [-0.4, -0.2) is 60.8 Å². The van der Waals surface area contributed by atoms with Crippen LogP contribution >= 0.6 is 0 Å². The molecule has 1 saturated heterocycles. The van der Waals surface area contributed by atoms with E-state index in [4.69, 9.17) is 15.6 Å². The number of carboxylic acids is 1. The van der Waals surface area contributed by atoms with Crippen molar-refractivity contribution in [1.29, 1.82) is 0 Å². The number of carbonyl (C=O) groups is 3. The Balaban J connectivity index is 2.50. The van der Waals surface area contributed by atoms with Gasteiger partial charge in [0.1, 0.15) is 12.5 Å². The second-order valence-corrected chi connectivity index (χ2v) is 3.86. The highest BCUT2D eigenvalue weighted by Gasteiger charge is 2.35. The van der Waals surface area contributed by atoms with Gasteiger partial charge in [0.15, 0.2) is 0 Å². The molecule has 4 N–H and O–H groups in total. The summed E-state index contributed by atoms with van der Waals surface area (Å²) in [6.07, 6.45) is 0. The van der Waals surface area contributed by atoms with Crippen LogP contribution in [0.2, 0.25) is 0 Å². The van der Waals surface area contributed by atoms with Crippen LogP contribution in [0.25, 0.3) is 0 Å². The lowest BCUT2D eigenvalue weighted by molar-refractivity contribution is -0.142. The number of likely N-dealkylation sites (N-methyl/N-ethyl adjacent to an activating group) is 1. The van der Waals surface area contributed by atoms with Crippen LogP contribution in [0.3, 0.4) is 0 Å². The quantitative estimate of drug-likeness (QED) is 0.540. The number of carboxylic acid groups (broad SMARTS) is 1. The number of carbonyl (C=O) groups excluding carboxylic acids is 2. The predicted octanol–water partition coefficient (Wildman–Crippen LogP) is -1.79. The van der Waals surface area contributed by atoms with E-state index in [9.17, 15) is 14.4 Å². The molecule has 1 aliphatic heterocycles. The molecule has 8 nitrogen and oxygen atoms in total. The van der Waals surface area contributed by atoms with Crippen LogP contribution in [0.4, 0.5) is 4.79 Å². The summed E-state index contributed by atoms with van der Waals surface area (Å²) < 4.78 is 4.99. The first-order chi connectivity index (χ1) is 7.91. The SMILES string of the molecule is CN(CC(N)=O)C(=O)NC1COCC1C(=O)O. The second-order valence-electron chi connectivity index (χ2n) is 3.86. The van der Waals surface area contributed by atoms with Gasteiger partial charge < -0.3 is 25.8 Å². The molecular formula is C9H15N3O5. The molecule has 0 radical (unpaired) electrons. The average Bonchev–Trinajstić information content (AvgIpc) is 2.64. The van der Waals surface area contributed by atoms with Crippen molar-refractivity contribution in [3.63, 3.8) is 0 Å². The van der Waals surface area contributed by atoms with E-state index in [0.29, 0.717) is 0 Å². The van der Waals surface area contributed by atoms with E-state index in [1.807, 2.05) is 0 Å². The highest BCUT2D eigenvalue weighted by atomic mass is 16.5. The number of nitrogens with zero attached hydrogens (tertiary/aromatic N) is 1. The summed E-state index contributed by atoms with van der Waals surface area (Å²) in [6.45, 7) is -0.00984. The van der Waals surface area contributed by atoms with Crippen molar-refractivity contribution in [2.24, 2.45) is 11.7 Å². The van der Waals surface area contributed by atoms with Gasteiger partial charge in [0.2, 0.25) is 5.91 Å². The first-order valence-electron chi connectivity index (χ1n) is 5.02. The van der Waals surface area contributed by atoms with Crippen molar-refractivity contribution in [2.45, 2.75) is 6.04 Å². The normalized spacial score (nSPS) is 23.1. The third-order valence-corrected chi connectivity index (χ3v) is 2.45. The Labute approximate surface area is 97.7 Å². The molecule has 2 atom stereocenters. The van der Waals surface area contributed by atoms with Gasteiger partial charge in [-0.1, -0.05) is 0 Å². The van der Waals surface area contributed by atoms with Gasteiger partial charge in [0.05, 0.1) is 19.3 Å². The number of aliphatic carboxylic acids is 1. The molecule has 96 valence electrons. The topological polar surface area (TPSA) is 122 Å². The summed E-state index contributed by atoms with van der Waals surface area (Å²) in [5.41, 5.74) is 4.94. The Hall–Kier alpha value is -1.83. The summed E-state index contributed by atoms with van der Waals surface area (Å²) in [7, 11) is 1.39. The van der Waals surface area contributed by atoms with E-state index < -0.39 is 29.9 Å². The number of rotatable bonds is 4. The molecule has 0 aromatic carbocycles. The van der Waals surface area contributed by atoms with Gasteiger partial charge in [0, 0.05) is 7.05 Å². The maximum absolute atomic E-state index is 11.6. The maximum Gasteiger partial charge on any atom is 0.317 e. The lowest BCUT2D eigenvalue weighted by Gasteiger charge is -2.21. The minimum atomic E-state index is -1.02. The zero-order valence-corrected chi connectivity index (χ0v) is 9.38. The lowest BCUT2D eigenvalue weighted by atomic mass is 10.0. The highest BCUT2D eigenvalue weighted by molar-refractivity contribution is 5.83. The number of primary amides is 1. The second kappa shape index (κ2) is 5.48. The molecule has 0 aliphatic carbocycles. The van der Waals surface area contributed by atoms with Crippen molar-refractivity contribution >= 4 is 17.9 Å². The van der Waals surface area contributed by atoms with Gasteiger partial charge in [-0.2, -0.15) is 0 Å². The molecule has 1 aliphatic rings. The third kappa shape index (κ3) is 3.59. The Morgan fingerprint density at radius 3 is 2.65 bits per heavy atom. The molecule has 17 heavy (non-hydrogen) atoms. The van der Waals surface area contributed by atoms with Crippen molar-refractivity contribution in [1.82, 2.24) is 10.2 Å². The zero-order chi connectivity index (χ0) is 13.0. The van der Waals surface area contributed by atoms with Crippen LogP contribution in [-0.2, 0) is 14.3 Å². The molecule has 8 heteroatoms. The molecule has 0 saturated carbocycles. The molecule has 1 rings (SSSR count). The molecule has 0 aromatic rings. The van der Waals surface area contributed by atoms with Crippen molar-refractivity contribution in [3.8, 4) is 0 Å². The summed E-state index contributed by atoms with van der Waals surface area (Å²) in [6, 6.07) is -1.14. The minimum Gasteiger partial charge on any atom is -0.481 e. The van der Waals surface area contributed by atoms with Crippen molar-refractivity contribution in [2.75, 3.05) is 26.8 Å². The number of amides is 3. The smallest absolute Gasteiger partial charge is 0.317 e. The van der Waals surface area contributed by atoms with Crippen LogP contribution in [0.15, 0.2) is 0 Å². The predicted molar refractivity (Wildman–Crippen MR) is 56.1 cm³/mol. The summed E-state index contributed by atoms with van der Waals surface area (Å²) in [5.74, 6) is -2.42. The van der Waals surface area contributed by atoms with E-state index in [1.54, 1.807) is 0 Å². The first-order valence-corrected chi connectivity index (χ1v) is 5.02. The van der Waals surface area contributed by atoms with E-state index in [-0.39, 0.29) is 19.8 Å². The molecule has 2 unspecified atom stereocenters. The van der Waals surface area contributed by atoms with Crippen LogP contribution < -0.4 is 11.1 Å². The van der Waals surface area contributed by atoms with Gasteiger partial charge in [-0.3, -0.25) is 9.59 Å². The average molecular weight is 245 g/mol. The van der Waals surface area contributed by atoms with E-state index in [1.165, 1.54) is 7.05 Å². The van der Waals surface area contributed by atoms with Crippen LogP contribution in [0, 0.1) is 5.92 Å². The maximum atomic E-state index is 11.6. The van der Waals surface area contributed by atoms with Crippen LogP contribution in [0.1, 0.15) is 0 Å². The lowest BCUT2D eigenvalue weighted by Crippen LogP contribution is -2.49. The van der Waals surface area contributed by atoms with Gasteiger partial charge >= 0.3 is 12.0 Å². The molecule has 1 heterocycles. The number of ether oxygens (including phenoxy) is 1. The Kier molecular flexibility index (Phi) is 4.27. The van der Waals surface area contributed by atoms with Gasteiger partial charge in [-0.25, -0.2) is 4.79 Å². The monoisotopic (exact) mass is 245 g/mol. The van der Waals surface area contributed by atoms with E-state index >= 15 is 0 Å². The molecule has 1 fully saturated rings. The fraction of sp³-hybridized carbons (Fsp3) is 0.667. The number of hydrogen-bond donors (Lipinski definition) is 3.